The quantitative estimate of drug-likeness (QED) is 0.598. The highest BCUT2D eigenvalue weighted by molar-refractivity contribution is 6.03. The van der Waals surface area contributed by atoms with Gasteiger partial charge >= 0.3 is 5.97 Å². The van der Waals surface area contributed by atoms with E-state index >= 15 is 0 Å². The molecule has 0 saturated carbocycles. The van der Waals surface area contributed by atoms with E-state index in [0.717, 1.165) is 11.4 Å². The number of aromatic amines is 1. The Bertz CT molecular complexity index is 750. The molecule has 0 aliphatic rings. The molecule has 0 bridgehead atoms. The highest BCUT2D eigenvalue weighted by Crippen LogP contribution is 2.20. The Morgan fingerprint density at radius 1 is 1.20 bits per heavy atom. The molecule has 0 spiro atoms. The number of Topliss-reactive ketones (excluding diaryl/α,β-unsaturated/α-hetero) is 1. The zero-order chi connectivity index (χ0) is 18.6. The van der Waals surface area contributed by atoms with Gasteiger partial charge in [-0.1, -0.05) is 30.3 Å². The Morgan fingerprint density at radius 3 is 2.44 bits per heavy atom. The van der Waals surface area contributed by atoms with Crippen LogP contribution < -0.4 is 4.90 Å². The summed E-state index contributed by atoms with van der Waals surface area (Å²) in [5.74, 6) is -0.380. The molecule has 0 fully saturated rings. The first-order chi connectivity index (χ1) is 11.9. The van der Waals surface area contributed by atoms with E-state index in [1.165, 1.54) is 5.56 Å². The number of benzene rings is 1. The van der Waals surface area contributed by atoms with Crippen LogP contribution in [0.25, 0.3) is 0 Å². The molecule has 5 nitrogen and oxygen atoms in total. The lowest BCUT2D eigenvalue weighted by Gasteiger charge is -2.20. The maximum atomic E-state index is 12.9. The van der Waals surface area contributed by atoms with Gasteiger partial charge in [0.2, 0.25) is 5.78 Å². The molecule has 0 radical (unpaired) electrons. The topological polar surface area (TPSA) is 63.6 Å². The summed E-state index contributed by atoms with van der Waals surface area (Å²) in [6.45, 7) is 8.35. The van der Waals surface area contributed by atoms with Crippen molar-refractivity contribution in [3.8, 4) is 0 Å². The third-order valence-electron chi connectivity index (χ3n) is 4.62. The summed E-state index contributed by atoms with van der Waals surface area (Å²) >= 11 is 0. The first-order valence-electron chi connectivity index (χ1n) is 8.63. The van der Waals surface area contributed by atoms with Crippen molar-refractivity contribution in [2.45, 2.75) is 40.3 Å². The van der Waals surface area contributed by atoms with Gasteiger partial charge in [0, 0.05) is 11.3 Å². The van der Waals surface area contributed by atoms with Gasteiger partial charge in [0.1, 0.15) is 6.54 Å². The lowest BCUT2D eigenvalue weighted by atomic mass is 10.0. The van der Waals surface area contributed by atoms with Gasteiger partial charge in [-0.3, -0.25) is 4.79 Å². The molecule has 2 atom stereocenters. The molecule has 0 aliphatic heterocycles. The number of ether oxygens (including phenoxy) is 1. The molecule has 1 aromatic carbocycles. The van der Waals surface area contributed by atoms with E-state index in [-0.39, 0.29) is 17.8 Å². The molecule has 134 valence electrons. The van der Waals surface area contributed by atoms with Gasteiger partial charge < -0.3 is 14.6 Å². The number of aryl methyl sites for hydroxylation is 1. The molecule has 2 aromatic rings. The van der Waals surface area contributed by atoms with Gasteiger partial charge in [-0.2, -0.15) is 0 Å². The second kappa shape index (κ2) is 8.12. The number of aromatic nitrogens is 1. The number of carbonyl (C=O) groups excluding carboxylic acids is 2. The third kappa shape index (κ3) is 4.17. The first kappa shape index (κ1) is 18.9. The number of nitrogens with one attached hydrogen (secondary N) is 2. The lowest BCUT2D eigenvalue weighted by Crippen LogP contribution is -3.12. The van der Waals surface area contributed by atoms with Crippen molar-refractivity contribution < 1.29 is 19.2 Å². The average molecular weight is 343 g/mol. The van der Waals surface area contributed by atoms with E-state index in [2.05, 4.69) is 17.1 Å². The summed E-state index contributed by atoms with van der Waals surface area (Å²) in [5, 5.41) is 0. The van der Waals surface area contributed by atoms with E-state index in [1.54, 1.807) is 20.8 Å². The van der Waals surface area contributed by atoms with Crippen LogP contribution >= 0.6 is 0 Å². The normalized spacial score (nSPS) is 13.3. The highest BCUT2D eigenvalue weighted by atomic mass is 16.5. The minimum Gasteiger partial charge on any atom is -0.462 e. The van der Waals surface area contributed by atoms with Crippen LogP contribution in [0.15, 0.2) is 30.3 Å². The molecule has 1 heterocycles. The van der Waals surface area contributed by atoms with Crippen LogP contribution in [0.5, 0.6) is 0 Å². The van der Waals surface area contributed by atoms with Crippen molar-refractivity contribution in [2.24, 2.45) is 0 Å². The molecule has 1 aromatic heterocycles. The summed E-state index contributed by atoms with van der Waals surface area (Å²) in [6.07, 6.45) is 0. The van der Waals surface area contributed by atoms with E-state index < -0.39 is 0 Å². The first-order valence-corrected chi connectivity index (χ1v) is 8.63. The van der Waals surface area contributed by atoms with Crippen molar-refractivity contribution in [1.82, 2.24) is 4.98 Å². The van der Waals surface area contributed by atoms with Gasteiger partial charge in [0.15, 0.2) is 6.04 Å². The number of rotatable bonds is 7. The molecule has 0 aliphatic carbocycles. The maximum absolute atomic E-state index is 12.9. The molecule has 0 amide bonds. The Morgan fingerprint density at radius 2 is 1.84 bits per heavy atom. The minimum atomic E-state index is -0.384. The average Bonchev–Trinajstić information content (AvgIpc) is 2.89. The molecule has 0 saturated heterocycles. The molecule has 5 heteroatoms. The smallest absolute Gasteiger partial charge is 0.340 e. The SMILES string of the molecule is CCOC(=O)c1c(C)[nH]c(C(=O)[C@H](C)[NH+](C)Cc2ccccc2)c1C. The number of hydrogen-bond donors (Lipinski definition) is 2. The highest BCUT2D eigenvalue weighted by Gasteiger charge is 2.29. The van der Waals surface area contributed by atoms with Crippen molar-refractivity contribution in [1.29, 1.82) is 0 Å². The van der Waals surface area contributed by atoms with E-state index in [1.807, 2.05) is 32.2 Å². The number of hydrogen-bond acceptors (Lipinski definition) is 3. The second-order valence-corrected chi connectivity index (χ2v) is 6.44. The van der Waals surface area contributed by atoms with Crippen molar-refractivity contribution >= 4 is 11.8 Å². The fourth-order valence-electron chi connectivity index (χ4n) is 3.02. The Balaban J connectivity index is 2.19. The number of carbonyl (C=O) groups is 2. The lowest BCUT2D eigenvalue weighted by molar-refractivity contribution is -0.907. The van der Waals surface area contributed by atoms with Crippen LogP contribution in [-0.2, 0) is 11.3 Å². The minimum absolute atomic E-state index is 0.00424. The zero-order valence-corrected chi connectivity index (χ0v) is 15.6. The number of likely N-dealkylation sites (N-methyl/N-ethyl adjacent to an activating group) is 1. The monoisotopic (exact) mass is 343 g/mol. The molecular weight excluding hydrogens is 316 g/mol. The Kier molecular flexibility index (Phi) is 6.15. The fourth-order valence-corrected chi connectivity index (χ4v) is 3.02. The van der Waals surface area contributed by atoms with E-state index in [4.69, 9.17) is 4.74 Å². The fraction of sp³-hybridized carbons (Fsp3) is 0.400. The van der Waals surface area contributed by atoms with E-state index in [0.29, 0.717) is 29.1 Å². The van der Waals surface area contributed by atoms with E-state index in [9.17, 15) is 9.59 Å². The number of esters is 1. The third-order valence-corrected chi connectivity index (χ3v) is 4.62. The van der Waals surface area contributed by atoms with Crippen LogP contribution in [0.3, 0.4) is 0 Å². The van der Waals surface area contributed by atoms with Gasteiger partial charge in [0.25, 0.3) is 0 Å². The maximum Gasteiger partial charge on any atom is 0.340 e. The summed E-state index contributed by atoms with van der Waals surface area (Å²) in [7, 11) is 2.01. The number of quaternary nitrogens is 1. The van der Waals surface area contributed by atoms with Gasteiger partial charge in [0.05, 0.1) is 24.9 Å². The van der Waals surface area contributed by atoms with Gasteiger partial charge in [-0.25, -0.2) is 4.79 Å². The molecular formula is C20H27N2O3+. The predicted octanol–water partition coefficient (Wildman–Crippen LogP) is 2.09. The van der Waals surface area contributed by atoms with Crippen LogP contribution in [0, 0.1) is 13.8 Å². The second-order valence-electron chi connectivity index (χ2n) is 6.44. The molecule has 2 N–H and O–H groups in total. The standard InChI is InChI=1S/C20H26N2O3/c1-6-25-20(24)17-13(2)18(21-14(17)3)19(23)15(4)22(5)12-16-10-8-7-9-11-16/h7-11,15,21H,6,12H2,1-5H3/p+1/t15-/m0/s1. The predicted molar refractivity (Wildman–Crippen MR) is 97.0 cm³/mol. The van der Waals surface area contributed by atoms with Gasteiger partial charge in [-0.15, -0.1) is 0 Å². The summed E-state index contributed by atoms with van der Waals surface area (Å²) in [5.41, 5.74) is 3.50. The van der Waals surface area contributed by atoms with Crippen LogP contribution in [-0.4, -0.2) is 36.4 Å². The molecule has 2 rings (SSSR count). The van der Waals surface area contributed by atoms with Crippen LogP contribution in [0.4, 0.5) is 0 Å². The van der Waals surface area contributed by atoms with Gasteiger partial charge in [-0.05, 0) is 33.3 Å². The number of ketones is 1. The largest absolute Gasteiger partial charge is 0.462 e. The summed E-state index contributed by atoms with van der Waals surface area (Å²) in [4.78, 5) is 29.2. The number of H-pyrrole nitrogens is 1. The Hall–Kier alpha value is -2.40. The summed E-state index contributed by atoms with van der Waals surface area (Å²) in [6, 6.07) is 9.87. The van der Waals surface area contributed by atoms with Crippen LogP contribution in [0.2, 0.25) is 0 Å². The molecule has 25 heavy (non-hydrogen) atoms. The van der Waals surface area contributed by atoms with Crippen molar-refractivity contribution in [3.63, 3.8) is 0 Å². The van der Waals surface area contributed by atoms with Crippen molar-refractivity contribution in [2.75, 3.05) is 13.7 Å². The zero-order valence-electron chi connectivity index (χ0n) is 15.6. The Labute approximate surface area is 149 Å². The van der Waals surface area contributed by atoms with Crippen molar-refractivity contribution in [3.05, 3.63) is 58.4 Å². The summed E-state index contributed by atoms with van der Waals surface area (Å²) < 4.78 is 5.09. The molecule has 1 unspecified atom stereocenters. The van der Waals surface area contributed by atoms with Crippen LogP contribution in [0.1, 0.15) is 51.5 Å².